The number of benzene rings is 3. The lowest BCUT2D eigenvalue weighted by atomic mass is 9.98. The number of halogens is 5. The van der Waals surface area contributed by atoms with Crippen molar-refractivity contribution in [1.29, 1.82) is 0 Å². The molecular weight excluding hydrogens is 664 g/mol. The number of ketones is 1. The van der Waals surface area contributed by atoms with Crippen molar-refractivity contribution < 1.29 is 45.1 Å². The maximum Gasteiger partial charge on any atom is 0.429 e. The molecule has 45 heavy (non-hydrogen) atoms. The van der Waals surface area contributed by atoms with E-state index in [1.54, 1.807) is 30.3 Å². The van der Waals surface area contributed by atoms with Crippen molar-refractivity contribution in [1.82, 2.24) is 0 Å². The molecule has 2 heterocycles. The molecule has 1 amide bonds. The Labute approximate surface area is 263 Å². The van der Waals surface area contributed by atoms with Gasteiger partial charge >= 0.3 is 6.18 Å². The molecule has 0 radical (unpaired) electrons. The van der Waals surface area contributed by atoms with Crippen LogP contribution in [0.5, 0.6) is 17.2 Å². The molecule has 5 rings (SSSR count). The van der Waals surface area contributed by atoms with Crippen LogP contribution in [0.25, 0.3) is 17.0 Å². The number of Topliss-reactive ketones (excluding diaryl/α,β-unsaturated/α-hetero) is 1. The summed E-state index contributed by atoms with van der Waals surface area (Å²) < 4.78 is 80.1. The summed E-state index contributed by atoms with van der Waals surface area (Å²) in [5.74, 6) is -0.276. The number of hydrogen-bond acceptors (Lipinski definition) is 8. The monoisotopic (exact) mass is 684 g/mol. The van der Waals surface area contributed by atoms with Gasteiger partial charge in [-0.05, 0) is 43.3 Å². The standard InChI is InChI=1S/C17H14N2O6S.C12H7Cl2F3O2/c1-26(22,23)19-13-8-15-12(17(21)14(9-24-15)18-10-20)7-16(13)25-11-5-3-2-4-6-11;1-5(18)8-3-6-2-7(13)4-9(14)10(6)19-11(8)12(15,16)17/h2-10,19H,1H3,(H,18,20);2-4,11H,1H3/t;11-/m.0/s1. The van der Waals surface area contributed by atoms with Crippen LogP contribution in [0.2, 0.25) is 10.0 Å². The molecule has 0 unspecified atom stereocenters. The number of rotatable bonds is 7. The van der Waals surface area contributed by atoms with E-state index in [2.05, 4.69) is 10.0 Å². The second kappa shape index (κ2) is 13.2. The number of sulfonamides is 1. The number of nitrogens with one attached hydrogen (secondary N) is 2. The number of alkyl halides is 3. The van der Waals surface area contributed by atoms with Crippen molar-refractivity contribution in [3.63, 3.8) is 0 Å². The summed E-state index contributed by atoms with van der Waals surface area (Å²) in [6.45, 7) is 1.05. The molecule has 0 aliphatic carbocycles. The van der Waals surface area contributed by atoms with Crippen LogP contribution >= 0.6 is 23.2 Å². The molecule has 1 aliphatic heterocycles. The van der Waals surface area contributed by atoms with E-state index in [0.29, 0.717) is 12.2 Å². The first kappa shape index (κ1) is 33.4. The Morgan fingerprint density at radius 1 is 1.07 bits per heavy atom. The molecular formula is C29H21Cl2F3N2O8S. The van der Waals surface area contributed by atoms with Gasteiger partial charge in [0.25, 0.3) is 0 Å². The lowest BCUT2D eigenvalue weighted by molar-refractivity contribution is -0.184. The minimum Gasteiger partial charge on any atom is -0.474 e. The Morgan fingerprint density at radius 2 is 1.76 bits per heavy atom. The molecule has 0 bridgehead atoms. The van der Waals surface area contributed by atoms with Crippen LogP contribution in [-0.2, 0) is 19.6 Å². The molecule has 236 valence electrons. The minimum atomic E-state index is -4.70. The van der Waals surface area contributed by atoms with Gasteiger partial charge in [-0.1, -0.05) is 41.4 Å². The molecule has 1 aromatic heterocycles. The third kappa shape index (κ3) is 8.15. The van der Waals surface area contributed by atoms with Gasteiger partial charge in [-0.25, -0.2) is 8.42 Å². The number of amides is 1. The predicted molar refractivity (Wildman–Crippen MR) is 163 cm³/mol. The summed E-state index contributed by atoms with van der Waals surface area (Å²) in [6, 6.07) is 14.0. The van der Waals surface area contributed by atoms with E-state index in [1.165, 1.54) is 24.3 Å². The second-order valence-corrected chi connectivity index (χ2v) is 12.0. The van der Waals surface area contributed by atoms with Crippen molar-refractivity contribution in [3.8, 4) is 17.2 Å². The van der Waals surface area contributed by atoms with Gasteiger partial charge in [-0.15, -0.1) is 0 Å². The average Bonchev–Trinajstić information content (AvgIpc) is 2.94. The quantitative estimate of drug-likeness (QED) is 0.202. The summed E-state index contributed by atoms with van der Waals surface area (Å²) >= 11 is 11.6. The average molecular weight is 685 g/mol. The van der Waals surface area contributed by atoms with E-state index < -0.39 is 39.1 Å². The molecule has 16 heteroatoms. The van der Waals surface area contributed by atoms with Gasteiger partial charge in [0.1, 0.15) is 29.0 Å². The maximum absolute atomic E-state index is 12.9. The fourth-order valence-electron chi connectivity index (χ4n) is 4.06. The number of carbonyl (C=O) groups is 2. The predicted octanol–water partition coefficient (Wildman–Crippen LogP) is 6.81. The normalized spacial score (nSPS) is 14.2. The number of ether oxygens (including phenoxy) is 2. The third-order valence-corrected chi connectivity index (χ3v) is 7.02. The highest BCUT2D eigenvalue weighted by Crippen LogP contribution is 2.42. The van der Waals surface area contributed by atoms with Crippen molar-refractivity contribution in [2.45, 2.75) is 19.2 Å². The second-order valence-electron chi connectivity index (χ2n) is 9.38. The van der Waals surface area contributed by atoms with E-state index in [-0.39, 0.29) is 49.5 Å². The van der Waals surface area contributed by atoms with Crippen molar-refractivity contribution in [3.05, 3.63) is 92.3 Å². The topological polar surface area (TPSA) is 141 Å². The number of carbonyl (C=O) groups excluding carboxylic acids is 2. The molecule has 0 spiro atoms. The van der Waals surface area contributed by atoms with Crippen molar-refractivity contribution in [2.24, 2.45) is 0 Å². The molecule has 1 aliphatic rings. The smallest absolute Gasteiger partial charge is 0.429 e. The fraction of sp³-hybridized carbons (Fsp3) is 0.138. The Hall–Kier alpha value is -4.53. The molecule has 0 saturated heterocycles. The first-order valence-corrected chi connectivity index (χ1v) is 15.2. The zero-order chi connectivity index (χ0) is 33.1. The van der Waals surface area contributed by atoms with Crippen LogP contribution in [0, 0.1) is 0 Å². The Bertz CT molecular complexity index is 1980. The summed E-state index contributed by atoms with van der Waals surface area (Å²) in [5, 5.41) is 2.59. The number of fused-ring (bicyclic) bond motifs is 2. The number of para-hydroxylation sites is 1. The van der Waals surface area contributed by atoms with Gasteiger partial charge in [0.05, 0.1) is 22.4 Å². The first-order valence-electron chi connectivity index (χ1n) is 12.5. The molecule has 4 aromatic rings. The van der Waals surface area contributed by atoms with Gasteiger partial charge in [0.15, 0.2) is 11.5 Å². The molecule has 10 nitrogen and oxygen atoms in total. The minimum absolute atomic E-state index is 0.0318. The van der Waals surface area contributed by atoms with Gasteiger partial charge in [0, 0.05) is 22.2 Å². The van der Waals surface area contributed by atoms with Crippen LogP contribution < -0.4 is 24.9 Å². The van der Waals surface area contributed by atoms with Gasteiger partial charge in [0.2, 0.25) is 28.0 Å². The number of anilines is 2. The molecule has 3 aromatic carbocycles. The van der Waals surface area contributed by atoms with Gasteiger partial charge in [-0.3, -0.25) is 19.1 Å². The highest BCUT2D eigenvalue weighted by Gasteiger charge is 2.47. The van der Waals surface area contributed by atoms with Gasteiger partial charge in [-0.2, -0.15) is 13.2 Å². The first-order chi connectivity index (χ1) is 21.1. The SMILES string of the molecule is CC(=O)C1=Cc2cc(Cl)cc(Cl)c2O[C@@H]1C(F)(F)F.CS(=O)(=O)Nc1cc2occ(NC=O)c(=O)c2cc1Oc1ccccc1. The van der Waals surface area contributed by atoms with Crippen LogP contribution in [0.3, 0.4) is 0 Å². The van der Waals surface area contributed by atoms with Crippen LogP contribution in [0.1, 0.15) is 12.5 Å². The van der Waals surface area contributed by atoms with Crippen LogP contribution in [0.15, 0.2) is 75.6 Å². The van der Waals surface area contributed by atoms with Crippen LogP contribution in [-0.4, -0.2) is 39.1 Å². The number of hydrogen-bond donors (Lipinski definition) is 2. The lowest BCUT2D eigenvalue weighted by Gasteiger charge is -2.28. The highest BCUT2D eigenvalue weighted by molar-refractivity contribution is 7.92. The van der Waals surface area contributed by atoms with E-state index in [1.807, 2.05) is 0 Å². The summed E-state index contributed by atoms with van der Waals surface area (Å²) in [7, 11) is -3.60. The maximum atomic E-state index is 12.9. The van der Waals surface area contributed by atoms with Gasteiger partial charge < -0.3 is 19.2 Å². The Balaban J connectivity index is 0.000000215. The van der Waals surface area contributed by atoms with Crippen molar-refractivity contribution >= 4 is 73.8 Å². The molecule has 1 atom stereocenters. The molecule has 0 saturated carbocycles. The zero-order valence-electron chi connectivity index (χ0n) is 23.1. The third-order valence-electron chi connectivity index (χ3n) is 5.93. The fourth-order valence-corrected chi connectivity index (χ4v) is 5.18. The lowest BCUT2D eigenvalue weighted by Crippen LogP contribution is -2.39. The summed E-state index contributed by atoms with van der Waals surface area (Å²) in [6.07, 6.45) is -3.46. The van der Waals surface area contributed by atoms with E-state index >= 15 is 0 Å². The van der Waals surface area contributed by atoms with E-state index in [9.17, 15) is 36.0 Å². The Kier molecular flexibility index (Phi) is 9.80. The summed E-state index contributed by atoms with van der Waals surface area (Å²) in [4.78, 5) is 34.4. The highest BCUT2D eigenvalue weighted by atomic mass is 35.5. The zero-order valence-corrected chi connectivity index (χ0v) is 25.4. The van der Waals surface area contributed by atoms with E-state index in [4.69, 9.17) is 37.1 Å². The molecule has 0 fully saturated rings. The Morgan fingerprint density at radius 3 is 2.36 bits per heavy atom. The van der Waals surface area contributed by atoms with Crippen molar-refractivity contribution in [2.75, 3.05) is 16.3 Å². The van der Waals surface area contributed by atoms with Crippen LogP contribution in [0.4, 0.5) is 24.5 Å². The summed E-state index contributed by atoms with van der Waals surface area (Å²) in [5.41, 5.74) is -0.494. The molecule has 2 N–H and O–H groups in total. The van der Waals surface area contributed by atoms with E-state index in [0.717, 1.165) is 25.5 Å². The largest absolute Gasteiger partial charge is 0.474 e.